The Labute approximate surface area is 90.3 Å². The molecule has 0 atom stereocenters. The number of hydrogen-bond acceptors (Lipinski definition) is 2. The Bertz CT molecular complexity index is 239. The van der Waals surface area contributed by atoms with E-state index < -0.39 is 0 Å². The van der Waals surface area contributed by atoms with Crippen LogP contribution in [-0.2, 0) is 12.8 Å². The van der Waals surface area contributed by atoms with Crippen LogP contribution >= 0.6 is 17.0 Å². The van der Waals surface area contributed by atoms with Gasteiger partial charge in [-0.15, -0.1) is 17.0 Å². The largest absolute Gasteiger partial charge is 0.324 e. The summed E-state index contributed by atoms with van der Waals surface area (Å²) >= 11 is 0. The van der Waals surface area contributed by atoms with Crippen LogP contribution < -0.4 is 11.3 Å². The summed E-state index contributed by atoms with van der Waals surface area (Å²) in [6.07, 6.45) is 2.10. The van der Waals surface area contributed by atoms with Crippen molar-refractivity contribution in [2.24, 2.45) is 5.84 Å². The lowest BCUT2D eigenvalue weighted by molar-refractivity contribution is 1.03. The molecule has 74 valence electrons. The fourth-order valence-electron chi connectivity index (χ4n) is 1.52. The highest BCUT2D eigenvalue weighted by molar-refractivity contribution is 8.93. The van der Waals surface area contributed by atoms with Crippen LogP contribution in [0.2, 0.25) is 0 Å². The zero-order valence-corrected chi connectivity index (χ0v) is 9.84. The lowest BCUT2D eigenvalue weighted by Gasteiger charge is -2.10. The van der Waals surface area contributed by atoms with E-state index in [1.165, 1.54) is 11.1 Å². The molecule has 0 heterocycles. The number of halogens is 1. The first-order chi connectivity index (χ1) is 5.83. The Hall–Kier alpha value is -0.540. The lowest BCUT2D eigenvalue weighted by Crippen LogP contribution is -2.10. The third kappa shape index (κ3) is 2.71. The smallest absolute Gasteiger partial charge is 0.0519 e. The molecule has 0 unspecified atom stereocenters. The number of hydrazine groups is 1. The molecule has 0 saturated carbocycles. The number of hydrogen-bond donors (Lipinski definition) is 2. The van der Waals surface area contributed by atoms with E-state index in [0.717, 1.165) is 18.5 Å². The van der Waals surface area contributed by atoms with Gasteiger partial charge in [0.15, 0.2) is 0 Å². The molecule has 0 bridgehead atoms. The summed E-state index contributed by atoms with van der Waals surface area (Å²) < 4.78 is 0. The van der Waals surface area contributed by atoms with Gasteiger partial charge in [0, 0.05) is 0 Å². The number of anilines is 1. The minimum atomic E-state index is 0. The summed E-state index contributed by atoms with van der Waals surface area (Å²) in [6.45, 7) is 4.31. The van der Waals surface area contributed by atoms with Crippen LogP contribution in [0, 0.1) is 0 Å². The lowest BCUT2D eigenvalue weighted by atomic mass is 10.0. The standard InChI is InChI=1S/C10H16N2.BrH/c1-3-8-6-5-7-10(12-11)9(8)4-2;/h5-7,12H,3-4,11H2,1-2H3;1H. The topological polar surface area (TPSA) is 38.0 Å². The fourth-order valence-corrected chi connectivity index (χ4v) is 1.52. The molecular weight excluding hydrogens is 228 g/mol. The molecule has 0 fully saturated rings. The fraction of sp³-hybridized carbons (Fsp3) is 0.400. The summed E-state index contributed by atoms with van der Waals surface area (Å²) in [6, 6.07) is 6.20. The first-order valence-electron chi connectivity index (χ1n) is 4.40. The summed E-state index contributed by atoms with van der Waals surface area (Å²) in [5.41, 5.74) is 6.49. The third-order valence-corrected chi connectivity index (χ3v) is 2.16. The third-order valence-electron chi connectivity index (χ3n) is 2.16. The van der Waals surface area contributed by atoms with Crippen LogP contribution in [-0.4, -0.2) is 0 Å². The van der Waals surface area contributed by atoms with E-state index >= 15 is 0 Å². The molecule has 0 spiro atoms. The van der Waals surface area contributed by atoms with Crippen LogP contribution in [0.25, 0.3) is 0 Å². The van der Waals surface area contributed by atoms with Gasteiger partial charge in [0.05, 0.1) is 5.69 Å². The summed E-state index contributed by atoms with van der Waals surface area (Å²) in [5, 5.41) is 0. The maximum Gasteiger partial charge on any atom is 0.0519 e. The average Bonchev–Trinajstić information content (AvgIpc) is 2.16. The van der Waals surface area contributed by atoms with Gasteiger partial charge in [0.1, 0.15) is 0 Å². The van der Waals surface area contributed by atoms with Gasteiger partial charge in [-0.3, -0.25) is 5.84 Å². The molecule has 3 heteroatoms. The van der Waals surface area contributed by atoms with Gasteiger partial charge >= 0.3 is 0 Å². The average molecular weight is 245 g/mol. The van der Waals surface area contributed by atoms with Gasteiger partial charge in [-0.05, 0) is 30.0 Å². The van der Waals surface area contributed by atoms with E-state index in [9.17, 15) is 0 Å². The Kier molecular flexibility index (Phi) is 5.75. The van der Waals surface area contributed by atoms with Crippen molar-refractivity contribution in [3.05, 3.63) is 29.3 Å². The minimum Gasteiger partial charge on any atom is -0.324 e. The van der Waals surface area contributed by atoms with Crippen LogP contribution in [0.1, 0.15) is 25.0 Å². The summed E-state index contributed by atoms with van der Waals surface area (Å²) in [5.74, 6) is 5.40. The zero-order chi connectivity index (χ0) is 8.97. The molecule has 3 N–H and O–H groups in total. The zero-order valence-electron chi connectivity index (χ0n) is 8.13. The van der Waals surface area contributed by atoms with E-state index in [2.05, 4.69) is 25.3 Å². The molecule has 0 saturated heterocycles. The minimum absolute atomic E-state index is 0. The van der Waals surface area contributed by atoms with E-state index in [1.54, 1.807) is 0 Å². The molecule has 1 aromatic carbocycles. The highest BCUT2D eigenvalue weighted by Crippen LogP contribution is 2.19. The number of rotatable bonds is 3. The van der Waals surface area contributed by atoms with Gasteiger partial charge < -0.3 is 5.43 Å². The summed E-state index contributed by atoms with van der Waals surface area (Å²) in [4.78, 5) is 0. The van der Waals surface area contributed by atoms with E-state index in [4.69, 9.17) is 5.84 Å². The monoisotopic (exact) mass is 244 g/mol. The number of benzene rings is 1. The second-order valence-corrected chi connectivity index (χ2v) is 2.79. The highest BCUT2D eigenvalue weighted by atomic mass is 79.9. The Morgan fingerprint density at radius 3 is 2.38 bits per heavy atom. The predicted octanol–water partition coefficient (Wildman–Crippen LogP) is 2.67. The van der Waals surface area contributed by atoms with Crippen molar-refractivity contribution in [3.8, 4) is 0 Å². The number of nitrogens with two attached hydrogens (primary N) is 1. The van der Waals surface area contributed by atoms with E-state index in [0.29, 0.717) is 0 Å². The SMILES string of the molecule is Br.CCc1cccc(NN)c1CC. The second-order valence-electron chi connectivity index (χ2n) is 2.79. The molecule has 0 aliphatic carbocycles. The Morgan fingerprint density at radius 1 is 1.23 bits per heavy atom. The quantitative estimate of drug-likeness (QED) is 0.634. The molecule has 13 heavy (non-hydrogen) atoms. The molecule has 0 radical (unpaired) electrons. The number of nitrogens with one attached hydrogen (secondary N) is 1. The van der Waals surface area contributed by atoms with Crippen LogP contribution in [0.4, 0.5) is 5.69 Å². The molecule has 0 aliphatic rings. The molecular formula is C10H17BrN2. The van der Waals surface area contributed by atoms with Crippen LogP contribution in [0.3, 0.4) is 0 Å². The highest BCUT2D eigenvalue weighted by Gasteiger charge is 2.02. The van der Waals surface area contributed by atoms with E-state index in [1.807, 2.05) is 12.1 Å². The van der Waals surface area contributed by atoms with Crippen molar-refractivity contribution < 1.29 is 0 Å². The van der Waals surface area contributed by atoms with Crippen molar-refractivity contribution in [3.63, 3.8) is 0 Å². The molecule has 2 nitrogen and oxygen atoms in total. The van der Waals surface area contributed by atoms with Crippen molar-refractivity contribution in [2.75, 3.05) is 5.43 Å². The normalized spacial score (nSPS) is 9.15. The molecule has 1 aromatic rings. The number of nitrogen functional groups attached to an aromatic ring is 1. The molecule has 0 aliphatic heterocycles. The Balaban J connectivity index is 0.00000144. The van der Waals surface area contributed by atoms with Crippen LogP contribution in [0.5, 0.6) is 0 Å². The van der Waals surface area contributed by atoms with Crippen molar-refractivity contribution in [1.29, 1.82) is 0 Å². The summed E-state index contributed by atoms with van der Waals surface area (Å²) in [7, 11) is 0. The molecule has 0 amide bonds. The predicted molar refractivity (Wildman–Crippen MR) is 63.3 cm³/mol. The van der Waals surface area contributed by atoms with Gasteiger partial charge in [0.2, 0.25) is 0 Å². The van der Waals surface area contributed by atoms with Gasteiger partial charge in [-0.2, -0.15) is 0 Å². The van der Waals surface area contributed by atoms with Gasteiger partial charge in [0.25, 0.3) is 0 Å². The van der Waals surface area contributed by atoms with Crippen molar-refractivity contribution in [2.45, 2.75) is 26.7 Å². The van der Waals surface area contributed by atoms with Crippen molar-refractivity contribution >= 4 is 22.7 Å². The maximum absolute atomic E-state index is 5.40. The Morgan fingerprint density at radius 2 is 1.92 bits per heavy atom. The molecule has 1 rings (SSSR count). The maximum atomic E-state index is 5.40. The van der Waals surface area contributed by atoms with E-state index in [-0.39, 0.29) is 17.0 Å². The molecule has 0 aromatic heterocycles. The van der Waals surface area contributed by atoms with Crippen LogP contribution in [0.15, 0.2) is 18.2 Å². The second kappa shape index (κ2) is 6.00. The number of aryl methyl sites for hydroxylation is 1. The van der Waals surface area contributed by atoms with Gasteiger partial charge in [-0.25, -0.2) is 0 Å². The first kappa shape index (κ1) is 12.5. The van der Waals surface area contributed by atoms with Gasteiger partial charge in [-0.1, -0.05) is 26.0 Å². The van der Waals surface area contributed by atoms with Crippen molar-refractivity contribution in [1.82, 2.24) is 0 Å². The first-order valence-corrected chi connectivity index (χ1v) is 4.40.